The summed E-state index contributed by atoms with van der Waals surface area (Å²) >= 11 is 4.68. The summed E-state index contributed by atoms with van der Waals surface area (Å²) in [4.78, 5) is 12.5. The Morgan fingerprint density at radius 2 is 2.00 bits per heavy atom. The van der Waals surface area contributed by atoms with E-state index in [1.165, 1.54) is 23.9 Å². The van der Waals surface area contributed by atoms with Crippen LogP contribution in [-0.2, 0) is 0 Å². The molecule has 0 N–H and O–H groups in total. The van der Waals surface area contributed by atoms with Crippen molar-refractivity contribution in [2.24, 2.45) is 0 Å². The van der Waals surface area contributed by atoms with Crippen LogP contribution in [0.25, 0.3) is 0 Å². The number of hydrogen-bond donors (Lipinski definition) is 0. The highest BCUT2D eigenvalue weighted by atomic mass is 79.9. The Morgan fingerprint density at radius 1 is 1.18 bits per heavy atom. The van der Waals surface area contributed by atoms with Gasteiger partial charge in [-0.25, -0.2) is 4.39 Å². The second-order valence-electron chi connectivity index (χ2n) is 3.36. The van der Waals surface area contributed by atoms with Crippen LogP contribution in [0.2, 0.25) is 0 Å². The molecule has 0 radical (unpaired) electrons. The van der Waals surface area contributed by atoms with Gasteiger partial charge >= 0.3 is 0 Å². The summed E-state index contributed by atoms with van der Waals surface area (Å²) in [6.45, 7) is 0. The zero-order valence-electron chi connectivity index (χ0n) is 8.69. The highest BCUT2D eigenvalue weighted by Gasteiger charge is 2.05. The summed E-state index contributed by atoms with van der Waals surface area (Å²) in [6, 6.07) is 11.7. The van der Waals surface area contributed by atoms with E-state index in [9.17, 15) is 9.18 Å². The summed E-state index contributed by atoms with van der Waals surface area (Å²) in [5.41, 5.74) is 0.591. The van der Waals surface area contributed by atoms with Crippen LogP contribution in [0.5, 0.6) is 0 Å². The molecule has 17 heavy (non-hydrogen) atoms. The molecule has 0 amide bonds. The lowest BCUT2D eigenvalue weighted by atomic mass is 10.2. The normalized spacial score (nSPS) is 10.2. The van der Waals surface area contributed by atoms with E-state index in [0.29, 0.717) is 5.56 Å². The van der Waals surface area contributed by atoms with Gasteiger partial charge in [0.25, 0.3) is 0 Å². The van der Waals surface area contributed by atoms with Crippen LogP contribution in [0, 0.1) is 5.82 Å². The quantitative estimate of drug-likeness (QED) is 0.773. The highest BCUT2D eigenvalue weighted by Crippen LogP contribution is 2.31. The molecular weight excluding hydrogens is 303 g/mol. The van der Waals surface area contributed by atoms with E-state index in [-0.39, 0.29) is 5.82 Å². The summed E-state index contributed by atoms with van der Waals surface area (Å²) in [5, 5.41) is 0. The first-order chi connectivity index (χ1) is 8.19. The average molecular weight is 311 g/mol. The van der Waals surface area contributed by atoms with Crippen molar-refractivity contribution in [2.75, 3.05) is 0 Å². The van der Waals surface area contributed by atoms with Crippen LogP contribution in [0.1, 0.15) is 10.4 Å². The minimum absolute atomic E-state index is 0.278. The molecule has 0 saturated heterocycles. The van der Waals surface area contributed by atoms with Gasteiger partial charge in [-0.3, -0.25) is 4.79 Å². The highest BCUT2D eigenvalue weighted by molar-refractivity contribution is 9.10. The van der Waals surface area contributed by atoms with E-state index >= 15 is 0 Å². The van der Waals surface area contributed by atoms with Crippen molar-refractivity contribution >= 4 is 34.0 Å². The number of carbonyl (C=O) groups excluding carboxylic acids is 1. The van der Waals surface area contributed by atoms with Crippen molar-refractivity contribution < 1.29 is 9.18 Å². The van der Waals surface area contributed by atoms with Gasteiger partial charge < -0.3 is 0 Å². The van der Waals surface area contributed by atoms with Gasteiger partial charge in [-0.2, -0.15) is 0 Å². The number of halogens is 2. The number of rotatable bonds is 3. The average Bonchev–Trinajstić information content (AvgIpc) is 2.31. The molecule has 0 spiro atoms. The van der Waals surface area contributed by atoms with Crippen molar-refractivity contribution in [1.29, 1.82) is 0 Å². The van der Waals surface area contributed by atoms with Crippen molar-refractivity contribution in [2.45, 2.75) is 9.79 Å². The topological polar surface area (TPSA) is 17.1 Å². The van der Waals surface area contributed by atoms with Crippen LogP contribution in [0.4, 0.5) is 4.39 Å². The molecule has 1 nitrogen and oxygen atoms in total. The lowest BCUT2D eigenvalue weighted by molar-refractivity contribution is 0.112. The van der Waals surface area contributed by atoms with Crippen LogP contribution in [0.3, 0.4) is 0 Å². The van der Waals surface area contributed by atoms with E-state index in [0.717, 1.165) is 20.5 Å². The van der Waals surface area contributed by atoms with E-state index in [2.05, 4.69) is 15.9 Å². The van der Waals surface area contributed by atoms with Gasteiger partial charge in [0.05, 0.1) is 0 Å². The number of carbonyl (C=O) groups is 1. The minimum Gasteiger partial charge on any atom is -0.298 e. The Balaban J connectivity index is 2.32. The molecular formula is C13H8BrFOS. The maximum absolute atomic E-state index is 13.0. The molecule has 2 aromatic rings. The van der Waals surface area contributed by atoms with Gasteiger partial charge in [-0.1, -0.05) is 33.8 Å². The third-order valence-corrected chi connectivity index (χ3v) is 3.70. The second kappa shape index (κ2) is 5.47. The first-order valence-electron chi connectivity index (χ1n) is 4.87. The van der Waals surface area contributed by atoms with Gasteiger partial charge in [-0.15, -0.1) is 0 Å². The number of hydrogen-bond acceptors (Lipinski definition) is 2. The zero-order valence-corrected chi connectivity index (χ0v) is 11.1. The molecule has 0 aromatic heterocycles. The molecule has 86 valence electrons. The SMILES string of the molecule is O=Cc1cc(Br)ccc1Sc1cccc(F)c1. The van der Waals surface area contributed by atoms with Crippen molar-refractivity contribution in [3.8, 4) is 0 Å². The summed E-state index contributed by atoms with van der Waals surface area (Å²) in [5.74, 6) is -0.278. The van der Waals surface area contributed by atoms with Gasteiger partial charge in [-0.05, 0) is 36.4 Å². The third kappa shape index (κ3) is 3.17. The smallest absolute Gasteiger partial charge is 0.151 e. The van der Waals surface area contributed by atoms with Crippen molar-refractivity contribution in [3.63, 3.8) is 0 Å². The Hall–Kier alpha value is -1.13. The molecule has 0 fully saturated rings. The predicted octanol–water partition coefficient (Wildman–Crippen LogP) is 4.55. The zero-order chi connectivity index (χ0) is 12.3. The second-order valence-corrected chi connectivity index (χ2v) is 5.39. The molecule has 2 rings (SSSR count). The van der Waals surface area contributed by atoms with Crippen LogP contribution in [0.15, 0.2) is 56.7 Å². The van der Waals surface area contributed by atoms with E-state index < -0.39 is 0 Å². The molecule has 0 aliphatic carbocycles. The first-order valence-corrected chi connectivity index (χ1v) is 6.48. The minimum atomic E-state index is -0.278. The third-order valence-electron chi connectivity index (χ3n) is 2.12. The fourth-order valence-electron chi connectivity index (χ4n) is 1.36. The lowest BCUT2D eigenvalue weighted by Crippen LogP contribution is -1.85. The van der Waals surface area contributed by atoms with Crippen LogP contribution in [-0.4, -0.2) is 6.29 Å². The predicted molar refractivity (Wildman–Crippen MR) is 70.1 cm³/mol. The summed E-state index contributed by atoms with van der Waals surface area (Å²) in [6.07, 6.45) is 0.798. The molecule has 0 unspecified atom stereocenters. The molecule has 4 heteroatoms. The van der Waals surface area contributed by atoms with Gasteiger partial charge in [0, 0.05) is 19.8 Å². The molecule has 0 heterocycles. The molecule has 0 aliphatic rings. The Labute approximate surface area is 111 Å². The van der Waals surface area contributed by atoms with E-state index in [1.807, 2.05) is 18.2 Å². The molecule has 2 aromatic carbocycles. The molecule has 0 bridgehead atoms. The Morgan fingerprint density at radius 3 is 2.71 bits per heavy atom. The van der Waals surface area contributed by atoms with Crippen molar-refractivity contribution in [3.05, 3.63) is 58.3 Å². The molecule has 0 aliphatic heterocycles. The van der Waals surface area contributed by atoms with Gasteiger partial charge in [0.15, 0.2) is 6.29 Å². The summed E-state index contributed by atoms with van der Waals surface area (Å²) in [7, 11) is 0. The van der Waals surface area contributed by atoms with Gasteiger partial charge in [0.2, 0.25) is 0 Å². The van der Waals surface area contributed by atoms with E-state index in [4.69, 9.17) is 0 Å². The van der Waals surface area contributed by atoms with Crippen LogP contribution < -0.4 is 0 Å². The van der Waals surface area contributed by atoms with Crippen LogP contribution >= 0.6 is 27.7 Å². The number of aldehydes is 1. The van der Waals surface area contributed by atoms with Gasteiger partial charge in [0.1, 0.15) is 5.82 Å². The fourth-order valence-corrected chi connectivity index (χ4v) is 2.67. The monoisotopic (exact) mass is 310 g/mol. The Kier molecular flexibility index (Phi) is 3.97. The lowest BCUT2D eigenvalue weighted by Gasteiger charge is -2.05. The first kappa shape index (κ1) is 12.3. The maximum atomic E-state index is 13.0. The molecule has 0 atom stereocenters. The van der Waals surface area contributed by atoms with Crippen molar-refractivity contribution in [1.82, 2.24) is 0 Å². The largest absolute Gasteiger partial charge is 0.298 e. The van der Waals surface area contributed by atoms with E-state index in [1.54, 1.807) is 12.1 Å². The standard InChI is InChI=1S/C13H8BrFOS/c14-10-4-5-13(9(6-10)8-16)17-12-3-1-2-11(15)7-12/h1-8H. The number of benzene rings is 2. The summed E-state index contributed by atoms with van der Waals surface area (Å²) < 4.78 is 13.9. The maximum Gasteiger partial charge on any atom is 0.151 e. The fraction of sp³-hybridized carbons (Fsp3) is 0. The Bertz CT molecular complexity index is 557. The molecule has 0 saturated carbocycles.